The number of nitrogens with one attached hydrogen (secondary N) is 2. The number of rotatable bonds is 5. The van der Waals surface area contributed by atoms with Gasteiger partial charge in [0, 0.05) is 30.1 Å². The average molecular weight is 381 g/mol. The summed E-state index contributed by atoms with van der Waals surface area (Å²) in [5.74, 6) is 0.302. The van der Waals surface area contributed by atoms with Crippen LogP contribution in [0.4, 0.5) is 0 Å². The van der Waals surface area contributed by atoms with Crippen LogP contribution < -0.4 is 10.6 Å². The summed E-state index contributed by atoms with van der Waals surface area (Å²) in [6.45, 7) is 6.10. The zero-order chi connectivity index (χ0) is 19.7. The first-order chi connectivity index (χ1) is 13.5. The molecule has 0 radical (unpaired) electrons. The summed E-state index contributed by atoms with van der Waals surface area (Å²) in [4.78, 5) is 39.1. The largest absolute Gasteiger partial charge is 0.329 e. The molecular formula is C22H27N3O3. The minimum atomic E-state index is -0.435. The van der Waals surface area contributed by atoms with Gasteiger partial charge in [0.2, 0.25) is 5.91 Å². The zero-order valence-electron chi connectivity index (χ0n) is 16.1. The first kappa shape index (κ1) is 18.9. The summed E-state index contributed by atoms with van der Waals surface area (Å²) >= 11 is 0. The molecule has 148 valence electrons. The smallest absolute Gasteiger partial charge is 0.255 e. The van der Waals surface area contributed by atoms with Crippen molar-refractivity contribution in [2.75, 3.05) is 13.1 Å². The van der Waals surface area contributed by atoms with Crippen LogP contribution in [0.15, 0.2) is 30.5 Å². The van der Waals surface area contributed by atoms with Gasteiger partial charge < -0.3 is 15.5 Å². The Morgan fingerprint density at radius 1 is 1.18 bits per heavy atom. The molecule has 4 rings (SSSR count). The van der Waals surface area contributed by atoms with Crippen LogP contribution in [-0.4, -0.2) is 41.6 Å². The number of amides is 2. The molecule has 1 unspecified atom stereocenters. The van der Waals surface area contributed by atoms with Gasteiger partial charge in [0.05, 0.1) is 0 Å². The van der Waals surface area contributed by atoms with E-state index >= 15 is 0 Å². The van der Waals surface area contributed by atoms with Gasteiger partial charge in [-0.1, -0.05) is 18.7 Å². The number of piperidine rings is 2. The number of fused-ring (bicyclic) bond motifs is 1. The van der Waals surface area contributed by atoms with Crippen molar-refractivity contribution >= 4 is 17.6 Å². The summed E-state index contributed by atoms with van der Waals surface area (Å²) in [7, 11) is 0. The highest BCUT2D eigenvalue weighted by atomic mass is 16.2. The van der Waals surface area contributed by atoms with Crippen LogP contribution in [0, 0.1) is 5.92 Å². The van der Waals surface area contributed by atoms with Crippen LogP contribution >= 0.6 is 0 Å². The van der Waals surface area contributed by atoms with E-state index in [-0.39, 0.29) is 17.7 Å². The van der Waals surface area contributed by atoms with Crippen molar-refractivity contribution in [1.29, 1.82) is 0 Å². The van der Waals surface area contributed by atoms with Crippen LogP contribution in [0.5, 0.6) is 0 Å². The van der Waals surface area contributed by atoms with Crippen LogP contribution in [-0.2, 0) is 22.6 Å². The fourth-order valence-electron chi connectivity index (χ4n) is 4.48. The Morgan fingerprint density at radius 3 is 2.71 bits per heavy atom. The van der Waals surface area contributed by atoms with Crippen LogP contribution in [0.1, 0.15) is 53.6 Å². The second-order valence-electron chi connectivity index (χ2n) is 8.06. The SMILES string of the molecule is C=C1CCC(N2Cc3cc(CCC(=O)C4CCNCC4)ccc3C2=O)C(=O)N1. The molecule has 2 N–H and O–H groups in total. The maximum Gasteiger partial charge on any atom is 0.255 e. The molecular weight excluding hydrogens is 354 g/mol. The third-order valence-electron chi connectivity index (χ3n) is 6.15. The van der Waals surface area contributed by atoms with E-state index < -0.39 is 6.04 Å². The first-order valence-corrected chi connectivity index (χ1v) is 10.2. The van der Waals surface area contributed by atoms with E-state index in [1.54, 1.807) is 4.90 Å². The highest BCUT2D eigenvalue weighted by Gasteiger charge is 2.38. The Hall–Kier alpha value is -2.47. The van der Waals surface area contributed by atoms with Gasteiger partial charge in [-0.25, -0.2) is 0 Å². The minimum Gasteiger partial charge on any atom is -0.329 e. The number of carbonyl (C=O) groups excluding carboxylic acids is 3. The van der Waals surface area contributed by atoms with E-state index in [0.29, 0.717) is 49.3 Å². The van der Waals surface area contributed by atoms with E-state index in [9.17, 15) is 14.4 Å². The second kappa shape index (κ2) is 7.87. The Balaban J connectivity index is 1.40. The van der Waals surface area contributed by atoms with Gasteiger partial charge in [0.15, 0.2) is 0 Å². The average Bonchev–Trinajstić information content (AvgIpc) is 3.02. The van der Waals surface area contributed by atoms with Crippen molar-refractivity contribution in [1.82, 2.24) is 15.5 Å². The number of carbonyl (C=O) groups is 3. The summed E-state index contributed by atoms with van der Waals surface area (Å²) in [5, 5.41) is 6.05. The van der Waals surface area contributed by atoms with Crippen molar-refractivity contribution in [2.45, 2.75) is 51.1 Å². The Labute approximate surface area is 165 Å². The van der Waals surface area contributed by atoms with E-state index in [1.807, 2.05) is 18.2 Å². The number of hydrogen-bond acceptors (Lipinski definition) is 4. The van der Waals surface area contributed by atoms with Gasteiger partial charge in [-0.05, 0) is 62.4 Å². The number of benzene rings is 1. The quantitative estimate of drug-likeness (QED) is 0.817. The topological polar surface area (TPSA) is 78.5 Å². The summed E-state index contributed by atoms with van der Waals surface area (Å²) in [6.07, 6.45) is 4.43. The number of hydrogen-bond donors (Lipinski definition) is 2. The molecule has 3 heterocycles. The zero-order valence-corrected chi connectivity index (χ0v) is 16.1. The maximum absolute atomic E-state index is 12.8. The molecule has 0 spiro atoms. The lowest BCUT2D eigenvalue weighted by Gasteiger charge is -2.30. The molecule has 0 aliphatic carbocycles. The van der Waals surface area contributed by atoms with Gasteiger partial charge in [0.25, 0.3) is 5.91 Å². The van der Waals surface area contributed by atoms with Crippen molar-refractivity contribution in [3.05, 3.63) is 47.2 Å². The van der Waals surface area contributed by atoms with Crippen molar-refractivity contribution in [3.8, 4) is 0 Å². The Bertz CT molecular complexity index is 826. The van der Waals surface area contributed by atoms with Crippen molar-refractivity contribution in [3.63, 3.8) is 0 Å². The number of ketones is 1. The normalized spacial score (nSPS) is 22.9. The Kier molecular flexibility index (Phi) is 5.31. The van der Waals surface area contributed by atoms with E-state index in [4.69, 9.17) is 0 Å². The molecule has 2 amide bonds. The van der Waals surface area contributed by atoms with Gasteiger partial charge >= 0.3 is 0 Å². The monoisotopic (exact) mass is 381 g/mol. The lowest BCUT2D eigenvalue weighted by atomic mass is 9.90. The predicted octanol–water partition coefficient (Wildman–Crippen LogP) is 1.94. The molecule has 2 fully saturated rings. The fourth-order valence-corrected chi connectivity index (χ4v) is 4.48. The lowest BCUT2D eigenvalue weighted by molar-refractivity contribution is -0.126. The fraction of sp³-hybridized carbons (Fsp3) is 0.500. The first-order valence-electron chi connectivity index (χ1n) is 10.2. The number of aryl methyl sites for hydroxylation is 1. The second-order valence-corrected chi connectivity index (χ2v) is 8.06. The molecule has 3 aliphatic rings. The number of allylic oxidation sites excluding steroid dienone is 1. The molecule has 2 saturated heterocycles. The molecule has 1 aromatic rings. The maximum atomic E-state index is 12.8. The Morgan fingerprint density at radius 2 is 1.96 bits per heavy atom. The molecule has 1 aromatic carbocycles. The van der Waals surface area contributed by atoms with Gasteiger partial charge in [-0.2, -0.15) is 0 Å². The van der Waals surface area contributed by atoms with Crippen molar-refractivity contribution < 1.29 is 14.4 Å². The lowest BCUT2D eigenvalue weighted by Crippen LogP contribution is -2.49. The van der Waals surface area contributed by atoms with E-state index in [1.165, 1.54) is 0 Å². The van der Waals surface area contributed by atoms with Gasteiger partial charge in [-0.15, -0.1) is 0 Å². The highest BCUT2D eigenvalue weighted by molar-refractivity contribution is 6.01. The molecule has 3 aliphatic heterocycles. The van der Waals surface area contributed by atoms with E-state index in [0.717, 1.165) is 37.1 Å². The standard InChI is InChI=1S/C22H27N3O3/c1-14-2-6-19(21(27)24-14)25-13-17-12-15(3-5-18(17)22(25)28)4-7-20(26)16-8-10-23-11-9-16/h3,5,12,16,19,23H,1-2,4,6-11,13H2,(H,24,27). The molecule has 0 bridgehead atoms. The number of Topliss-reactive ketones (excluding diaryl/α,β-unsaturated/α-hetero) is 1. The molecule has 6 nitrogen and oxygen atoms in total. The highest BCUT2D eigenvalue weighted by Crippen LogP contribution is 2.29. The third-order valence-corrected chi connectivity index (χ3v) is 6.15. The molecule has 6 heteroatoms. The van der Waals surface area contributed by atoms with Crippen LogP contribution in [0.3, 0.4) is 0 Å². The molecule has 0 saturated carbocycles. The predicted molar refractivity (Wildman–Crippen MR) is 106 cm³/mol. The van der Waals surface area contributed by atoms with E-state index in [2.05, 4.69) is 17.2 Å². The molecule has 1 atom stereocenters. The summed E-state index contributed by atoms with van der Waals surface area (Å²) < 4.78 is 0. The van der Waals surface area contributed by atoms with Gasteiger partial charge in [-0.3, -0.25) is 14.4 Å². The molecule has 28 heavy (non-hydrogen) atoms. The summed E-state index contributed by atoms with van der Waals surface area (Å²) in [6, 6.07) is 5.39. The third kappa shape index (κ3) is 3.74. The minimum absolute atomic E-state index is 0.0833. The van der Waals surface area contributed by atoms with Crippen LogP contribution in [0.25, 0.3) is 0 Å². The number of nitrogens with zero attached hydrogens (tertiary/aromatic N) is 1. The van der Waals surface area contributed by atoms with Crippen LogP contribution in [0.2, 0.25) is 0 Å². The molecule has 0 aromatic heterocycles. The van der Waals surface area contributed by atoms with Crippen molar-refractivity contribution in [2.24, 2.45) is 5.92 Å². The summed E-state index contributed by atoms with van der Waals surface area (Å²) in [5.41, 5.74) is 3.42. The van der Waals surface area contributed by atoms with Gasteiger partial charge in [0.1, 0.15) is 11.8 Å².